The van der Waals surface area contributed by atoms with Crippen molar-refractivity contribution in [1.82, 2.24) is 9.55 Å². The fourth-order valence-electron chi connectivity index (χ4n) is 1.65. The van der Waals surface area contributed by atoms with Gasteiger partial charge in [-0.1, -0.05) is 32.8 Å². The van der Waals surface area contributed by atoms with Crippen LogP contribution in [0.2, 0.25) is 0 Å². The number of nitrogens with one attached hydrogen (secondary N) is 1. The van der Waals surface area contributed by atoms with Crippen LogP contribution in [0.25, 0.3) is 0 Å². The first-order valence-corrected chi connectivity index (χ1v) is 6.10. The zero-order chi connectivity index (χ0) is 11.8. The van der Waals surface area contributed by atoms with Crippen LogP contribution < -0.4 is 5.32 Å². The summed E-state index contributed by atoms with van der Waals surface area (Å²) in [5.74, 6) is 1.76. The number of aryl methyl sites for hydroxylation is 1. The molecule has 0 saturated carbocycles. The minimum Gasteiger partial charge on any atom is -0.352 e. The number of imidazole rings is 1. The number of anilines is 1. The predicted octanol–water partition coefficient (Wildman–Crippen LogP) is 3.31. The van der Waals surface area contributed by atoms with Crippen LogP contribution in [0, 0.1) is 5.92 Å². The monoisotopic (exact) mass is 221 g/mol. The SMILES string of the molecule is C=CCNc1nccn1CCCCC(C)C. The van der Waals surface area contributed by atoms with E-state index in [1.807, 2.05) is 18.5 Å². The Morgan fingerprint density at radius 2 is 2.31 bits per heavy atom. The van der Waals surface area contributed by atoms with Crippen LogP contribution in [-0.4, -0.2) is 16.1 Å². The summed E-state index contributed by atoms with van der Waals surface area (Å²) >= 11 is 0. The second-order valence-corrected chi connectivity index (χ2v) is 4.50. The van der Waals surface area contributed by atoms with Gasteiger partial charge in [-0.2, -0.15) is 0 Å². The lowest BCUT2D eigenvalue weighted by molar-refractivity contribution is 0.510. The van der Waals surface area contributed by atoms with Crippen LogP contribution in [0.3, 0.4) is 0 Å². The molecular formula is C13H23N3. The van der Waals surface area contributed by atoms with Crippen molar-refractivity contribution < 1.29 is 0 Å². The Morgan fingerprint density at radius 3 is 3.00 bits per heavy atom. The summed E-state index contributed by atoms with van der Waals surface area (Å²) in [4.78, 5) is 4.27. The van der Waals surface area contributed by atoms with Crippen LogP contribution >= 0.6 is 0 Å². The highest BCUT2D eigenvalue weighted by molar-refractivity contribution is 5.26. The highest BCUT2D eigenvalue weighted by atomic mass is 15.2. The maximum atomic E-state index is 4.27. The highest BCUT2D eigenvalue weighted by Crippen LogP contribution is 2.10. The van der Waals surface area contributed by atoms with Crippen molar-refractivity contribution in [2.75, 3.05) is 11.9 Å². The number of hydrogen-bond donors (Lipinski definition) is 1. The van der Waals surface area contributed by atoms with E-state index in [2.05, 4.69) is 35.3 Å². The van der Waals surface area contributed by atoms with Crippen LogP contribution in [0.5, 0.6) is 0 Å². The molecule has 0 aromatic carbocycles. The standard InChI is InChI=1S/C13H23N3/c1-4-8-14-13-15-9-11-16(13)10-6-5-7-12(2)3/h4,9,11-12H,1,5-8,10H2,2-3H3,(H,14,15). The molecule has 1 N–H and O–H groups in total. The first-order valence-electron chi connectivity index (χ1n) is 6.10. The third kappa shape index (κ3) is 4.51. The van der Waals surface area contributed by atoms with Gasteiger partial charge in [0.1, 0.15) is 0 Å². The smallest absolute Gasteiger partial charge is 0.203 e. The summed E-state index contributed by atoms with van der Waals surface area (Å²) in [6.45, 7) is 10.0. The van der Waals surface area contributed by atoms with Gasteiger partial charge in [-0.3, -0.25) is 0 Å². The first kappa shape index (κ1) is 12.8. The molecule has 0 atom stereocenters. The number of aromatic nitrogens is 2. The highest BCUT2D eigenvalue weighted by Gasteiger charge is 2.01. The Labute approximate surface area is 98.6 Å². The Hall–Kier alpha value is -1.25. The van der Waals surface area contributed by atoms with Gasteiger partial charge in [-0.15, -0.1) is 6.58 Å². The Kier molecular flexibility index (Phi) is 5.68. The second-order valence-electron chi connectivity index (χ2n) is 4.50. The third-order valence-electron chi connectivity index (χ3n) is 2.55. The Balaban J connectivity index is 2.29. The molecule has 16 heavy (non-hydrogen) atoms. The van der Waals surface area contributed by atoms with Gasteiger partial charge in [0.25, 0.3) is 0 Å². The lowest BCUT2D eigenvalue weighted by Crippen LogP contribution is -2.07. The van der Waals surface area contributed by atoms with Crippen molar-refractivity contribution in [3.05, 3.63) is 25.0 Å². The normalized spacial score (nSPS) is 10.7. The molecule has 0 aliphatic heterocycles. The van der Waals surface area contributed by atoms with Gasteiger partial charge < -0.3 is 9.88 Å². The molecule has 0 spiro atoms. The molecule has 0 amide bonds. The zero-order valence-electron chi connectivity index (χ0n) is 10.4. The summed E-state index contributed by atoms with van der Waals surface area (Å²) in [7, 11) is 0. The maximum absolute atomic E-state index is 4.27. The average Bonchev–Trinajstić information content (AvgIpc) is 2.69. The lowest BCUT2D eigenvalue weighted by Gasteiger charge is -2.09. The molecule has 0 aliphatic rings. The Bertz CT molecular complexity index is 302. The van der Waals surface area contributed by atoms with E-state index in [9.17, 15) is 0 Å². The molecule has 3 heteroatoms. The average molecular weight is 221 g/mol. The Morgan fingerprint density at radius 1 is 1.50 bits per heavy atom. The maximum Gasteiger partial charge on any atom is 0.203 e. The van der Waals surface area contributed by atoms with Crippen molar-refractivity contribution in [2.45, 2.75) is 39.7 Å². The molecule has 3 nitrogen and oxygen atoms in total. The van der Waals surface area contributed by atoms with E-state index >= 15 is 0 Å². The summed E-state index contributed by atoms with van der Waals surface area (Å²) < 4.78 is 2.17. The van der Waals surface area contributed by atoms with Gasteiger partial charge >= 0.3 is 0 Å². The van der Waals surface area contributed by atoms with Crippen molar-refractivity contribution in [3.63, 3.8) is 0 Å². The molecule has 1 heterocycles. The predicted molar refractivity (Wildman–Crippen MR) is 69.6 cm³/mol. The second kappa shape index (κ2) is 7.09. The van der Waals surface area contributed by atoms with Crippen molar-refractivity contribution in [2.24, 2.45) is 5.92 Å². The number of nitrogens with zero attached hydrogens (tertiary/aromatic N) is 2. The molecule has 0 aliphatic carbocycles. The number of unbranched alkanes of at least 4 members (excludes halogenated alkanes) is 1. The van der Waals surface area contributed by atoms with Gasteiger partial charge in [0, 0.05) is 25.5 Å². The molecule has 0 unspecified atom stereocenters. The fraction of sp³-hybridized carbons (Fsp3) is 0.615. The summed E-state index contributed by atoms with van der Waals surface area (Å²) in [6, 6.07) is 0. The molecule has 1 aromatic heterocycles. The molecule has 0 fully saturated rings. The molecule has 90 valence electrons. The van der Waals surface area contributed by atoms with Gasteiger partial charge in [-0.05, 0) is 12.3 Å². The minimum atomic E-state index is 0.767. The quantitative estimate of drug-likeness (QED) is 0.539. The summed E-state index contributed by atoms with van der Waals surface area (Å²) in [5.41, 5.74) is 0. The van der Waals surface area contributed by atoms with Crippen molar-refractivity contribution >= 4 is 5.95 Å². The molecular weight excluding hydrogens is 198 g/mol. The molecule has 1 aromatic rings. The zero-order valence-corrected chi connectivity index (χ0v) is 10.4. The van der Waals surface area contributed by atoms with Gasteiger partial charge in [0.15, 0.2) is 0 Å². The van der Waals surface area contributed by atoms with E-state index in [1.165, 1.54) is 19.3 Å². The molecule has 0 saturated heterocycles. The summed E-state index contributed by atoms with van der Waals surface area (Å²) in [6.07, 6.45) is 9.53. The van der Waals surface area contributed by atoms with Crippen LogP contribution in [0.1, 0.15) is 33.1 Å². The van der Waals surface area contributed by atoms with Gasteiger partial charge in [0.2, 0.25) is 5.95 Å². The van der Waals surface area contributed by atoms with Crippen molar-refractivity contribution in [1.29, 1.82) is 0 Å². The van der Waals surface area contributed by atoms with Crippen LogP contribution in [-0.2, 0) is 6.54 Å². The first-order chi connectivity index (χ1) is 7.74. The van der Waals surface area contributed by atoms with E-state index in [-0.39, 0.29) is 0 Å². The lowest BCUT2D eigenvalue weighted by atomic mass is 10.1. The van der Waals surface area contributed by atoms with E-state index < -0.39 is 0 Å². The largest absolute Gasteiger partial charge is 0.352 e. The topological polar surface area (TPSA) is 29.9 Å². The van der Waals surface area contributed by atoms with E-state index in [0.717, 1.165) is 25.0 Å². The van der Waals surface area contributed by atoms with Crippen LogP contribution in [0.15, 0.2) is 25.0 Å². The minimum absolute atomic E-state index is 0.767. The van der Waals surface area contributed by atoms with E-state index in [4.69, 9.17) is 0 Å². The van der Waals surface area contributed by atoms with Gasteiger partial charge in [0.05, 0.1) is 0 Å². The third-order valence-corrected chi connectivity index (χ3v) is 2.55. The number of rotatable bonds is 8. The molecule has 0 bridgehead atoms. The van der Waals surface area contributed by atoms with E-state index in [1.54, 1.807) is 0 Å². The van der Waals surface area contributed by atoms with E-state index in [0.29, 0.717) is 0 Å². The fourth-order valence-corrected chi connectivity index (χ4v) is 1.65. The van der Waals surface area contributed by atoms with Crippen LogP contribution in [0.4, 0.5) is 5.95 Å². The van der Waals surface area contributed by atoms with Gasteiger partial charge in [-0.25, -0.2) is 4.98 Å². The summed E-state index contributed by atoms with van der Waals surface area (Å²) in [5, 5.41) is 3.23. The number of hydrogen-bond acceptors (Lipinski definition) is 2. The molecule has 1 rings (SSSR count). The molecule has 0 radical (unpaired) electrons. The van der Waals surface area contributed by atoms with Crippen molar-refractivity contribution in [3.8, 4) is 0 Å².